The van der Waals surface area contributed by atoms with Crippen molar-refractivity contribution in [1.29, 1.82) is 0 Å². The summed E-state index contributed by atoms with van der Waals surface area (Å²) in [6.45, 7) is 4.90. The van der Waals surface area contributed by atoms with E-state index in [4.69, 9.17) is 16.6 Å². The molecule has 0 N–H and O–H groups in total. The maximum Gasteiger partial charge on any atom is 0.0702 e. The van der Waals surface area contributed by atoms with Gasteiger partial charge in [-0.05, 0) is 68.2 Å². The van der Waals surface area contributed by atoms with Crippen LogP contribution in [0.1, 0.15) is 25.7 Å². The number of likely N-dealkylation sites (tertiary alicyclic amines) is 1. The minimum absolute atomic E-state index is 0.729. The third kappa shape index (κ3) is 4.23. The van der Waals surface area contributed by atoms with Crippen molar-refractivity contribution in [2.75, 3.05) is 31.1 Å². The van der Waals surface area contributed by atoms with E-state index >= 15 is 0 Å². The standard InChI is InChI=1S/C26H28ClN3/c27-23-9-4-20(5-10-23)22-8-13-26(28-18-22)21-6-11-24(12-7-21)30-17-14-25(19-30)29-15-2-1-3-16-29/h4-13,18,25H,1-3,14-17,19H2. The summed E-state index contributed by atoms with van der Waals surface area (Å²) < 4.78 is 0. The van der Waals surface area contributed by atoms with Gasteiger partial charge in [-0.15, -0.1) is 0 Å². The fraction of sp³-hybridized carbons (Fsp3) is 0.346. The second kappa shape index (κ2) is 8.79. The maximum absolute atomic E-state index is 5.99. The molecule has 30 heavy (non-hydrogen) atoms. The van der Waals surface area contributed by atoms with Crippen molar-refractivity contribution in [3.8, 4) is 22.4 Å². The van der Waals surface area contributed by atoms with E-state index < -0.39 is 0 Å². The molecule has 1 aromatic heterocycles. The Morgan fingerprint density at radius 1 is 0.733 bits per heavy atom. The van der Waals surface area contributed by atoms with Crippen LogP contribution in [-0.2, 0) is 0 Å². The summed E-state index contributed by atoms with van der Waals surface area (Å²) in [5.41, 5.74) is 5.73. The van der Waals surface area contributed by atoms with Crippen molar-refractivity contribution in [3.05, 3.63) is 71.9 Å². The molecule has 0 bridgehead atoms. The van der Waals surface area contributed by atoms with E-state index in [1.165, 1.54) is 44.5 Å². The van der Waals surface area contributed by atoms with Crippen molar-refractivity contribution in [2.24, 2.45) is 0 Å². The highest BCUT2D eigenvalue weighted by atomic mass is 35.5. The summed E-state index contributed by atoms with van der Waals surface area (Å²) in [5.74, 6) is 0. The quantitative estimate of drug-likeness (QED) is 0.508. The summed E-state index contributed by atoms with van der Waals surface area (Å²) in [7, 11) is 0. The van der Waals surface area contributed by atoms with E-state index in [0.717, 1.165) is 46.5 Å². The van der Waals surface area contributed by atoms with Gasteiger partial charge in [0.1, 0.15) is 0 Å². The van der Waals surface area contributed by atoms with Crippen LogP contribution in [0.5, 0.6) is 0 Å². The molecule has 3 nitrogen and oxygen atoms in total. The van der Waals surface area contributed by atoms with E-state index in [1.54, 1.807) is 0 Å². The topological polar surface area (TPSA) is 19.4 Å². The van der Waals surface area contributed by atoms with E-state index in [1.807, 2.05) is 30.5 Å². The second-order valence-electron chi connectivity index (χ2n) is 8.47. The van der Waals surface area contributed by atoms with Gasteiger partial charge in [0.2, 0.25) is 0 Å². The van der Waals surface area contributed by atoms with Crippen molar-refractivity contribution in [1.82, 2.24) is 9.88 Å². The Hall–Kier alpha value is -2.36. The van der Waals surface area contributed by atoms with E-state index in [-0.39, 0.29) is 0 Å². The molecule has 0 saturated carbocycles. The number of anilines is 1. The predicted octanol–water partition coefficient (Wildman–Crippen LogP) is 6.13. The van der Waals surface area contributed by atoms with Crippen molar-refractivity contribution >= 4 is 17.3 Å². The first-order valence-electron chi connectivity index (χ1n) is 11.1. The van der Waals surface area contributed by atoms with Gasteiger partial charge in [0.15, 0.2) is 0 Å². The highest BCUT2D eigenvalue weighted by molar-refractivity contribution is 6.30. The molecule has 3 heterocycles. The Kier molecular flexibility index (Phi) is 5.74. The molecule has 2 fully saturated rings. The number of aromatic nitrogens is 1. The average Bonchev–Trinajstić information content (AvgIpc) is 3.31. The molecular formula is C26H28ClN3. The summed E-state index contributed by atoms with van der Waals surface area (Å²) in [6, 6.07) is 21.8. The number of benzene rings is 2. The lowest BCUT2D eigenvalue weighted by atomic mass is 10.1. The van der Waals surface area contributed by atoms with Gasteiger partial charge in [0.05, 0.1) is 5.69 Å². The molecule has 0 amide bonds. The molecule has 3 aromatic rings. The molecule has 2 aromatic carbocycles. The van der Waals surface area contributed by atoms with Crippen LogP contribution in [0.25, 0.3) is 22.4 Å². The van der Waals surface area contributed by atoms with Crippen LogP contribution in [0.3, 0.4) is 0 Å². The number of rotatable bonds is 4. The van der Waals surface area contributed by atoms with Gasteiger partial charge in [-0.3, -0.25) is 9.88 Å². The van der Waals surface area contributed by atoms with Gasteiger partial charge < -0.3 is 4.90 Å². The fourth-order valence-electron chi connectivity index (χ4n) is 4.78. The van der Waals surface area contributed by atoms with Gasteiger partial charge in [0.25, 0.3) is 0 Å². The molecule has 1 atom stereocenters. The zero-order valence-electron chi connectivity index (χ0n) is 17.3. The van der Waals surface area contributed by atoms with Crippen LogP contribution < -0.4 is 4.90 Å². The number of piperidine rings is 1. The minimum Gasteiger partial charge on any atom is -0.370 e. The molecule has 0 radical (unpaired) electrons. The van der Waals surface area contributed by atoms with E-state index in [9.17, 15) is 0 Å². The first kappa shape index (κ1) is 19.6. The van der Waals surface area contributed by atoms with Crippen LogP contribution >= 0.6 is 11.6 Å². The Morgan fingerprint density at radius 2 is 1.43 bits per heavy atom. The van der Waals surface area contributed by atoms with Crippen molar-refractivity contribution in [3.63, 3.8) is 0 Å². The molecule has 4 heteroatoms. The highest BCUT2D eigenvalue weighted by Gasteiger charge is 2.28. The highest BCUT2D eigenvalue weighted by Crippen LogP contribution is 2.28. The normalized spacial score (nSPS) is 19.9. The Bertz CT molecular complexity index is 961. The van der Waals surface area contributed by atoms with Crippen LogP contribution in [0.15, 0.2) is 66.9 Å². The molecule has 2 aliphatic rings. The SMILES string of the molecule is Clc1ccc(-c2ccc(-c3ccc(N4CCC(N5CCCCC5)C4)cc3)nc2)cc1. The van der Waals surface area contributed by atoms with Gasteiger partial charge >= 0.3 is 0 Å². The summed E-state index contributed by atoms with van der Waals surface area (Å²) >= 11 is 5.99. The van der Waals surface area contributed by atoms with Gasteiger partial charge in [-0.25, -0.2) is 0 Å². The van der Waals surface area contributed by atoms with Gasteiger partial charge in [-0.1, -0.05) is 48.4 Å². The third-order valence-electron chi connectivity index (χ3n) is 6.54. The monoisotopic (exact) mass is 417 g/mol. The van der Waals surface area contributed by atoms with E-state index in [2.05, 4.69) is 46.2 Å². The maximum atomic E-state index is 5.99. The van der Waals surface area contributed by atoms with Crippen LogP contribution in [-0.4, -0.2) is 42.1 Å². The molecule has 0 aliphatic carbocycles. The predicted molar refractivity (Wildman–Crippen MR) is 126 cm³/mol. The number of hydrogen-bond acceptors (Lipinski definition) is 3. The van der Waals surface area contributed by atoms with Crippen LogP contribution in [0.4, 0.5) is 5.69 Å². The Balaban J connectivity index is 1.25. The summed E-state index contributed by atoms with van der Waals surface area (Å²) in [5, 5.41) is 0.753. The smallest absolute Gasteiger partial charge is 0.0702 e. The molecule has 154 valence electrons. The second-order valence-corrected chi connectivity index (χ2v) is 8.91. The van der Waals surface area contributed by atoms with Crippen LogP contribution in [0, 0.1) is 0 Å². The molecule has 2 aliphatic heterocycles. The fourth-order valence-corrected chi connectivity index (χ4v) is 4.90. The van der Waals surface area contributed by atoms with E-state index in [0.29, 0.717) is 0 Å². The number of pyridine rings is 1. The van der Waals surface area contributed by atoms with Crippen LogP contribution in [0.2, 0.25) is 5.02 Å². The lowest BCUT2D eigenvalue weighted by Gasteiger charge is -2.32. The Morgan fingerprint density at radius 3 is 2.13 bits per heavy atom. The average molecular weight is 418 g/mol. The molecular weight excluding hydrogens is 390 g/mol. The number of hydrogen-bond donors (Lipinski definition) is 0. The summed E-state index contributed by atoms with van der Waals surface area (Å²) in [4.78, 5) is 9.95. The zero-order valence-corrected chi connectivity index (χ0v) is 18.1. The lowest BCUT2D eigenvalue weighted by Crippen LogP contribution is -2.40. The largest absolute Gasteiger partial charge is 0.370 e. The molecule has 0 spiro atoms. The van der Waals surface area contributed by atoms with Crippen molar-refractivity contribution < 1.29 is 0 Å². The zero-order chi connectivity index (χ0) is 20.3. The number of halogens is 1. The van der Waals surface area contributed by atoms with Gasteiger partial charge in [0, 0.05) is 47.2 Å². The number of nitrogens with zero attached hydrogens (tertiary/aromatic N) is 3. The minimum atomic E-state index is 0.729. The first-order valence-corrected chi connectivity index (χ1v) is 11.5. The molecule has 5 rings (SSSR count). The van der Waals surface area contributed by atoms with Crippen molar-refractivity contribution in [2.45, 2.75) is 31.7 Å². The first-order chi connectivity index (χ1) is 14.8. The summed E-state index contributed by atoms with van der Waals surface area (Å²) in [6.07, 6.45) is 7.37. The Labute approximate surface area is 184 Å². The third-order valence-corrected chi connectivity index (χ3v) is 6.79. The molecule has 1 unspecified atom stereocenters. The van der Waals surface area contributed by atoms with Gasteiger partial charge in [-0.2, -0.15) is 0 Å². The lowest BCUT2D eigenvalue weighted by molar-refractivity contribution is 0.175. The molecule has 2 saturated heterocycles.